The van der Waals surface area contributed by atoms with Gasteiger partial charge in [0, 0.05) is 32.1 Å². The summed E-state index contributed by atoms with van der Waals surface area (Å²) in [5, 5.41) is 6.65. The summed E-state index contributed by atoms with van der Waals surface area (Å²) < 4.78 is 0. The molecule has 0 aromatic carbocycles. The van der Waals surface area contributed by atoms with Gasteiger partial charge < -0.3 is 15.5 Å². The van der Waals surface area contributed by atoms with Crippen LogP contribution in [0.2, 0.25) is 0 Å². The first-order valence-corrected chi connectivity index (χ1v) is 9.55. The predicted molar refractivity (Wildman–Crippen MR) is 96.6 cm³/mol. The minimum atomic E-state index is 0.0921. The number of hydrogen-bond donors (Lipinski definition) is 2. The van der Waals surface area contributed by atoms with Gasteiger partial charge in [0.1, 0.15) is 0 Å². The fourth-order valence-corrected chi connectivity index (χ4v) is 4.25. The molecular formula is C19H35N3O2. The summed E-state index contributed by atoms with van der Waals surface area (Å²) in [5.41, 5.74) is 0.286. The Morgan fingerprint density at radius 1 is 1.04 bits per heavy atom. The van der Waals surface area contributed by atoms with Crippen molar-refractivity contribution in [1.82, 2.24) is 15.5 Å². The molecule has 24 heavy (non-hydrogen) atoms. The zero-order valence-electron chi connectivity index (χ0n) is 15.9. The molecule has 5 nitrogen and oxygen atoms in total. The molecule has 1 saturated carbocycles. The first-order chi connectivity index (χ1) is 11.3. The Kier molecular flexibility index (Phi) is 6.67. The molecule has 0 aromatic heterocycles. The molecular weight excluding hydrogens is 302 g/mol. The number of rotatable bonds is 4. The lowest BCUT2D eigenvalue weighted by Gasteiger charge is -2.41. The lowest BCUT2D eigenvalue weighted by Crippen LogP contribution is -2.51. The van der Waals surface area contributed by atoms with Crippen LogP contribution in [0.1, 0.15) is 66.2 Å². The number of likely N-dealkylation sites (tertiary alicyclic amines) is 1. The van der Waals surface area contributed by atoms with Gasteiger partial charge in [-0.1, -0.05) is 33.6 Å². The molecule has 0 bridgehead atoms. The maximum Gasteiger partial charge on any atom is 0.234 e. The average molecular weight is 338 g/mol. The Hall–Kier alpha value is -1.10. The molecule has 1 aliphatic heterocycles. The Balaban J connectivity index is 1.74. The molecule has 1 aliphatic carbocycles. The van der Waals surface area contributed by atoms with Gasteiger partial charge in [-0.3, -0.25) is 9.59 Å². The molecule has 138 valence electrons. The first-order valence-electron chi connectivity index (χ1n) is 9.55. The molecule has 1 saturated heterocycles. The standard InChI is InChI=1S/C19H35N3O2/c1-14(23)22-11-9-15(10-12-22)21-18(24)13-20-17-8-6-5-7-16(17)19(2,3)4/h15-17,20H,5-13H2,1-4H3,(H,21,24)/t16-,17-/m1/s1. The Labute approximate surface area is 146 Å². The van der Waals surface area contributed by atoms with Gasteiger partial charge in [-0.25, -0.2) is 0 Å². The van der Waals surface area contributed by atoms with Crippen molar-refractivity contribution in [3.63, 3.8) is 0 Å². The summed E-state index contributed by atoms with van der Waals surface area (Å²) in [4.78, 5) is 25.5. The number of hydrogen-bond acceptors (Lipinski definition) is 3. The molecule has 1 heterocycles. The molecule has 2 rings (SSSR count). The lowest BCUT2D eigenvalue weighted by atomic mass is 9.69. The maximum absolute atomic E-state index is 12.3. The van der Waals surface area contributed by atoms with E-state index in [1.165, 1.54) is 25.7 Å². The maximum atomic E-state index is 12.3. The largest absolute Gasteiger partial charge is 0.352 e. The summed E-state index contributed by atoms with van der Waals surface area (Å²) in [5.74, 6) is 0.860. The van der Waals surface area contributed by atoms with Gasteiger partial charge in [-0.05, 0) is 37.0 Å². The average Bonchev–Trinajstić information content (AvgIpc) is 2.53. The van der Waals surface area contributed by atoms with Crippen molar-refractivity contribution in [1.29, 1.82) is 0 Å². The number of carbonyl (C=O) groups is 2. The minimum absolute atomic E-state index is 0.0921. The highest BCUT2D eigenvalue weighted by atomic mass is 16.2. The van der Waals surface area contributed by atoms with Gasteiger partial charge in [0.15, 0.2) is 0 Å². The molecule has 2 atom stereocenters. The van der Waals surface area contributed by atoms with Crippen molar-refractivity contribution in [3.8, 4) is 0 Å². The van der Waals surface area contributed by atoms with Gasteiger partial charge in [0.25, 0.3) is 0 Å². The van der Waals surface area contributed by atoms with Crippen LogP contribution in [0, 0.1) is 11.3 Å². The van der Waals surface area contributed by atoms with E-state index in [4.69, 9.17) is 0 Å². The highest BCUT2D eigenvalue weighted by Gasteiger charge is 2.34. The summed E-state index contributed by atoms with van der Waals surface area (Å²) in [6.45, 7) is 10.4. The highest BCUT2D eigenvalue weighted by molar-refractivity contribution is 5.78. The number of piperidine rings is 1. The van der Waals surface area contributed by atoms with Crippen molar-refractivity contribution in [2.75, 3.05) is 19.6 Å². The van der Waals surface area contributed by atoms with Gasteiger partial charge in [-0.2, -0.15) is 0 Å². The molecule has 2 N–H and O–H groups in total. The van der Waals surface area contributed by atoms with E-state index < -0.39 is 0 Å². The van der Waals surface area contributed by atoms with E-state index in [0.717, 1.165) is 25.9 Å². The van der Waals surface area contributed by atoms with Crippen molar-refractivity contribution >= 4 is 11.8 Å². The second-order valence-corrected chi connectivity index (χ2v) is 8.59. The fourth-order valence-electron chi connectivity index (χ4n) is 4.25. The van der Waals surface area contributed by atoms with Crippen molar-refractivity contribution in [3.05, 3.63) is 0 Å². The van der Waals surface area contributed by atoms with E-state index in [0.29, 0.717) is 18.5 Å². The zero-order valence-corrected chi connectivity index (χ0v) is 15.9. The van der Waals surface area contributed by atoms with Crippen LogP contribution in [0.3, 0.4) is 0 Å². The van der Waals surface area contributed by atoms with Crippen molar-refractivity contribution in [2.24, 2.45) is 11.3 Å². The van der Waals surface area contributed by atoms with Crippen LogP contribution in [0.5, 0.6) is 0 Å². The van der Waals surface area contributed by atoms with Crippen LogP contribution in [0.25, 0.3) is 0 Å². The molecule has 2 amide bonds. The second-order valence-electron chi connectivity index (χ2n) is 8.59. The smallest absolute Gasteiger partial charge is 0.234 e. The van der Waals surface area contributed by atoms with E-state index in [2.05, 4.69) is 31.4 Å². The monoisotopic (exact) mass is 337 g/mol. The van der Waals surface area contributed by atoms with E-state index in [-0.39, 0.29) is 23.3 Å². The predicted octanol–water partition coefficient (Wildman–Crippen LogP) is 2.31. The molecule has 0 radical (unpaired) electrons. The molecule has 0 unspecified atom stereocenters. The molecule has 2 aliphatic rings. The summed E-state index contributed by atoms with van der Waals surface area (Å²) >= 11 is 0. The normalized spacial score (nSPS) is 26.2. The number of amides is 2. The van der Waals surface area contributed by atoms with Crippen LogP contribution in [0.15, 0.2) is 0 Å². The zero-order chi connectivity index (χ0) is 17.7. The number of nitrogens with one attached hydrogen (secondary N) is 2. The third-order valence-electron chi connectivity index (χ3n) is 5.71. The van der Waals surface area contributed by atoms with Gasteiger partial charge >= 0.3 is 0 Å². The van der Waals surface area contributed by atoms with Crippen LogP contribution < -0.4 is 10.6 Å². The van der Waals surface area contributed by atoms with Crippen molar-refractivity contribution in [2.45, 2.75) is 78.3 Å². The molecule has 0 aromatic rings. The minimum Gasteiger partial charge on any atom is -0.352 e. The molecule has 2 fully saturated rings. The Morgan fingerprint density at radius 3 is 2.25 bits per heavy atom. The summed E-state index contributed by atoms with van der Waals surface area (Å²) in [6, 6.07) is 0.656. The van der Waals surface area contributed by atoms with Crippen LogP contribution >= 0.6 is 0 Å². The topological polar surface area (TPSA) is 61.4 Å². The number of carbonyl (C=O) groups excluding carboxylic acids is 2. The van der Waals surface area contributed by atoms with Crippen LogP contribution in [0.4, 0.5) is 0 Å². The highest BCUT2D eigenvalue weighted by Crippen LogP contribution is 2.37. The van der Waals surface area contributed by atoms with E-state index in [1.54, 1.807) is 6.92 Å². The lowest BCUT2D eigenvalue weighted by molar-refractivity contribution is -0.130. The van der Waals surface area contributed by atoms with Gasteiger partial charge in [0.05, 0.1) is 6.54 Å². The Morgan fingerprint density at radius 2 is 1.67 bits per heavy atom. The van der Waals surface area contributed by atoms with Crippen molar-refractivity contribution < 1.29 is 9.59 Å². The molecule has 5 heteroatoms. The van der Waals surface area contributed by atoms with E-state index in [1.807, 2.05) is 4.90 Å². The number of nitrogens with zero attached hydrogens (tertiary/aromatic N) is 1. The van der Waals surface area contributed by atoms with Gasteiger partial charge in [-0.15, -0.1) is 0 Å². The van der Waals surface area contributed by atoms with Gasteiger partial charge in [0.2, 0.25) is 11.8 Å². The van der Waals surface area contributed by atoms with Crippen LogP contribution in [-0.4, -0.2) is 48.4 Å². The quantitative estimate of drug-likeness (QED) is 0.827. The first kappa shape index (κ1) is 19.2. The van der Waals surface area contributed by atoms with E-state index in [9.17, 15) is 9.59 Å². The van der Waals surface area contributed by atoms with E-state index >= 15 is 0 Å². The Bertz CT molecular complexity index is 436. The summed E-state index contributed by atoms with van der Waals surface area (Å²) in [7, 11) is 0. The fraction of sp³-hybridized carbons (Fsp3) is 0.895. The summed E-state index contributed by atoms with van der Waals surface area (Å²) in [6.07, 6.45) is 6.72. The molecule has 0 spiro atoms. The van der Waals surface area contributed by atoms with Crippen LogP contribution in [-0.2, 0) is 9.59 Å². The SMILES string of the molecule is CC(=O)N1CCC(NC(=O)CN[C@@H]2CCCC[C@H]2C(C)(C)C)CC1. The third kappa shape index (κ3) is 5.47. The third-order valence-corrected chi connectivity index (χ3v) is 5.71. The second kappa shape index (κ2) is 8.32.